The van der Waals surface area contributed by atoms with Gasteiger partial charge in [0.2, 0.25) is 0 Å². The van der Waals surface area contributed by atoms with Gasteiger partial charge in [0.15, 0.2) is 0 Å². The van der Waals surface area contributed by atoms with E-state index in [0.29, 0.717) is 18.0 Å². The molecule has 2 amide bonds. The van der Waals surface area contributed by atoms with Crippen molar-refractivity contribution in [1.82, 2.24) is 10.3 Å². The number of hydrogen-bond acceptors (Lipinski definition) is 3. The van der Waals surface area contributed by atoms with Crippen molar-refractivity contribution < 1.29 is 4.79 Å². The fourth-order valence-electron chi connectivity index (χ4n) is 2.45. The van der Waals surface area contributed by atoms with Crippen molar-refractivity contribution in [3.63, 3.8) is 0 Å². The topological polar surface area (TPSA) is 44.7 Å². The maximum Gasteiger partial charge on any atom is 0.338 e. The molecule has 1 aliphatic rings. The van der Waals surface area contributed by atoms with Gasteiger partial charge in [-0.3, -0.25) is 0 Å². The van der Waals surface area contributed by atoms with E-state index in [4.69, 9.17) is 11.6 Å². The highest BCUT2D eigenvalue weighted by molar-refractivity contribution is 7.10. The predicted molar refractivity (Wildman–Crippen MR) is 90.6 cm³/mol. The van der Waals surface area contributed by atoms with Gasteiger partial charge in [-0.05, 0) is 36.1 Å². The molecule has 1 unspecified atom stereocenters. The summed E-state index contributed by atoms with van der Waals surface area (Å²) in [6.45, 7) is 2.48. The van der Waals surface area contributed by atoms with E-state index in [1.807, 2.05) is 48.7 Å². The first-order valence-corrected chi connectivity index (χ1v) is 8.38. The predicted octanol–water partition coefficient (Wildman–Crippen LogP) is 4.28. The van der Waals surface area contributed by atoms with Crippen molar-refractivity contribution >= 4 is 34.7 Å². The van der Waals surface area contributed by atoms with Crippen LogP contribution < -0.4 is 5.32 Å². The Morgan fingerprint density at radius 1 is 1.41 bits per heavy atom. The summed E-state index contributed by atoms with van der Waals surface area (Å²) in [6, 6.07) is 11.4. The van der Waals surface area contributed by atoms with Crippen LogP contribution in [0.5, 0.6) is 0 Å². The van der Waals surface area contributed by atoms with Crippen LogP contribution in [0.25, 0.3) is 0 Å². The lowest BCUT2D eigenvalue weighted by atomic mass is 10.0. The number of urea groups is 1. The van der Waals surface area contributed by atoms with Gasteiger partial charge in [-0.1, -0.05) is 29.8 Å². The molecule has 0 saturated carbocycles. The quantitative estimate of drug-likeness (QED) is 0.895. The van der Waals surface area contributed by atoms with Gasteiger partial charge in [0.25, 0.3) is 0 Å². The number of carbonyl (C=O) groups is 1. The summed E-state index contributed by atoms with van der Waals surface area (Å²) in [7, 11) is 0. The van der Waals surface area contributed by atoms with E-state index in [2.05, 4.69) is 10.4 Å². The van der Waals surface area contributed by atoms with Gasteiger partial charge in [0.1, 0.15) is 0 Å². The van der Waals surface area contributed by atoms with Gasteiger partial charge in [-0.2, -0.15) is 5.10 Å². The van der Waals surface area contributed by atoms with Crippen LogP contribution in [-0.4, -0.2) is 23.3 Å². The molecule has 114 valence electrons. The molecule has 0 aliphatic carbocycles. The average Bonchev–Trinajstić information content (AvgIpc) is 3.17. The normalized spacial score (nSPS) is 17.5. The molecule has 1 aromatic carbocycles. The Kier molecular flexibility index (Phi) is 4.45. The van der Waals surface area contributed by atoms with Gasteiger partial charge >= 0.3 is 6.03 Å². The Bertz CT molecular complexity index is 682. The minimum Gasteiger partial charge on any atom is -0.337 e. The lowest BCUT2D eigenvalue weighted by Crippen LogP contribution is -2.36. The van der Waals surface area contributed by atoms with E-state index < -0.39 is 0 Å². The first-order valence-electron chi connectivity index (χ1n) is 7.13. The molecule has 1 aliphatic heterocycles. The Morgan fingerprint density at radius 3 is 2.82 bits per heavy atom. The Labute approximate surface area is 138 Å². The first kappa shape index (κ1) is 15.1. The molecule has 0 saturated heterocycles. The van der Waals surface area contributed by atoms with Crippen LogP contribution in [0.1, 0.15) is 29.8 Å². The van der Waals surface area contributed by atoms with Crippen LogP contribution in [0.15, 0.2) is 46.9 Å². The number of halogens is 1. The van der Waals surface area contributed by atoms with Crippen LogP contribution in [0, 0.1) is 0 Å². The maximum atomic E-state index is 12.3. The third-order valence-corrected chi connectivity index (χ3v) is 4.72. The third-order valence-electron chi connectivity index (χ3n) is 3.50. The van der Waals surface area contributed by atoms with Gasteiger partial charge in [-0.25, -0.2) is 9.80 Å². The van der Waals surface area contributed by atoms with Crippen molar-refractivity contribution in [2.24, 2.45) is 5.10 Å². The van der Waals surface area contributed by atoms with E-state index in [-0.39, 0.29) is 12.1 Å². The summed E-state index contributed by atoms with van der Waals surface area (Å²) in [5, 5.41) is 11.6. The number of thiophene rings is 1. The Balaban J connectivity index is 1.91. The molecule has 4 nitrogen and oxygen atoms in total. The fourth-order valence-corrected chi connectivity index (χ4v) is 3.39. The molecule has 1 N–H and O–H groups in total. The summed E-state index contributed by atoms with van der Waals surface area (Å²) in [4.78, 5) is 13.4. The Morgan fingerprint density at radius 2 is 2.18 bits per heavy atom. The minimum absolute atomic E-state index is 0.0442. The number of nitrogens with zero attached hydrogens (tertiary/aromatic N) is 2. The average molecular weight is 334 g/mol. The van der Waals surface area contributed by atoms with Crippen LogP contribution in [0.2, 0.25) is 5.02 Å². The van der Waals surface area contributed by atoms with Crippen LogP contribution in [0.4, 0.5) is 4.79 Å². The number of rotatable bonds is 3. The number of benzene rings is 1. The van der Waals surface area contributed by atoms with Gasteiger partial charge in [-0.15, -0.1) is 11.3 Å². The summed E-state index contributed by atoms with van der Waals surface area (Å²) in [6.07, 6.45) is 0.708. The van der Waals surface area contributed by atoms with Crippen molar-refractivity contribution in [2.45, 2.75) is 19.4 Å². The van der Waals surface area contributed by atoms with E-state index in [0.717, 1.165) is 16.2 Å². The molecule has 1 aromatic heterocycles. The SMILES string of the molecule is CCNC(=O)N1N=C(c2ccc(Cl)cc2)CC1c1cccs1. The smallest absolute Gasteiger partial charge is 0.337 e. The first-order chi connectivity index (χ1) is 10.7. The van der Waals surface area contributed by atoms with E-state index in [1.165, 1.54) is 0 Å². The molecular formula is C16H16ClN3OS. The summed E-state index contributed by atoms with van der Waals surface area (Å²) in [5.74, 6) is 0. The van der Waals surface area contributed by atoms with Crippen molar-refractivity contribution in [2.75, 3.05) is 6.54 Å². The van der Waals surface area contributed by atoms with Crippen molar-refractivity contribution in [1.29, 1.82) is 0 Å². The summed E-state index contributed by atoms with van der Waals surface area (Å²) < 4.78 is 0. The van der Waals surface area contributed by atoms with Gasteiger partial charge in [0.05, 0.1) is 11.8 Å². The molecule has 0 fully saturated rings. The zero-order chi connectivity index (χ0) is 15.5. The van der Waals surface area contributed by atoms with E-state index >= 15 is 0 Å². The second-order valence-electron chi connectivity index (χ2n) is 4.97. The lowest BCUT2D eigenvalue weighted by molar-refractivity contribution is 0.187. The van der Waals surface area contributed by atoms with Gasteiger partial charge in [0, 0.05) is 22.9 Å². The number of amides is 2. The maximum absolute atomic E-state index is 12.3. The molecular weight excluding hydrogens is 318 g/mol. The lowest BCUT2D eigenvalue weighted by Gasteiger charge is -2.20. The van der Waals surface area contributed by atoms with Gasteiger partial charge < -0.3 is 5.32 Å². The molecule has 2 aromatic rings. The number of nitrogens with one attached hydrogen (secondary N) is 1. The molecule has 6 heteroatoms. The molecule has 0 bridgehead atoms. The number of hydrogen-bond donors (Lipinski definition) is 1. The van der Waals surface area contributed by atoms with Crippen LogP contribution >= 0.6 is 22.9 Å². The monoisotopic (exact) mass is 333 g/mol. The second kappa shape index (κ2) is 6.50. The molecule has 2 heterocycles. The standard InChI is InChI=1S/C16H16ClN3OS/c1-2-18-16(21)20-14(15-4-3-9-22-15)10-13(19-20)11-5-7-12(17)8-6-11/h3-9,14H,2,10H2,1H3,(H,18,21). The molecule has 0 radical (unpaired) electrons. The number of hydrazone groups is 1. The molecule has 3 rings (SSSR count). The molecule has 22 heavy (non-hydrogen) atoms. The summed E-state index contributed by atoms with van der Waals surface area (Å²) >= 11 is 7.58. The molecule has 0 spiro atoms. The summed E-state index contributed by atoms with van der Waals surface area (Å²) in [5.41, 5.74) is 1.90. The molecule has 1 atom stereocenters. The highest BCUT2D eigenvalue weighted by Crippen LogP contribution is 2.35. The van der Waals surface area contributed by atoms with Crippen LogP contribution in [-0.2, 0) is 0 Å². The van der Waals surface area contributed by atoms with Crippen molar-refractivity contribution in [3.05, 3.63) is 57.2 Å². The van der Waals surface area contributed by atoms with Crippen molar-refractivity contribution in [3.8, 4) is 0 Å². The van der Waals surface area contributed by atoms with E-state index in [1.54, 1.807) is 16.3 Å². The second-order valence-corrected chi connectivity index (χ2v) is 6.38. The number of carbonyl (C=O) groups excluding carboxylic acids is 1. The largest absolute Gasteiger partial charge is 0.338 e. The van der Waals surface area contributed by atoms with E-state index in [9.17, 15) is 4.79 Å². The zero-order valence-corrected chi connectivity index (χ0v) is 13.7. The fraction of sp³-hybridized carbons (Fsp3) is 0.250. The zero-order valence-electron chi connectivity index (χ0n) is 12.1. The highest BCUT2D eigenvalue weighted by Gasteiger charge is 2.33. The highest BCUT2D eigenvalue weighted by atomic mass is 35.5. The van der Waals surface area contributed by atoms with Crippen LogP contribution in [0.3, 0.4) is 0 Å². The Hall–Kier alpha value is -1.85. The minimum atomic E-state index is -0.162. The third kappa shape index (κ3) is 3.00.